The van der Waals surface area contributed by atoms with Crippen LogP contribution in [0, 0.1) is 17.2 Å². The summed E-state index contributed by atoms with van der Waals surface area (Å²) in [7, 11) is 1.63. The van der Waals surface area contributed by atoms with Crippen molar-refractivity contribution in [2.75, 3.05) is 29.9 Å². The number of nitrogens with one attached hydrogen (secondary N) is 3. The number of carbonyl (C=O) groups excluding carboxylic acids is 1. The largest absolute Gasteiger partial charge is 0.416 e. The van der Waals surface area contributed by atoms with Crippen molar-refractivity contribution in [2.24, 2.45) is 18.4 Å². The van der Waals surface area contributed by atoms with Crippen LogP contribution in [0.4, 0.5) is 48.2 Å². The highest BCUT2D eigenvalue weighted by Gasteiger charge is 2.42. The van der Waals surface area contributed by atoms with Crippen LogP contribution in [-0.4, -0.2) is 46.3 Å². The number of anilines is 3. The van der Waals surface area contributed by atoms with Crippen LogP contribution in [0.5, 0.6) is 0 Å². The van der Waals surface area contributed by atoms with Crippen molar-refractivity contribution in [1.82, 2.24) is 25.2 Å². The van der Waals surface area contributed by atoms with Crippen LogP contribution in [0.3, 0.4) is 0 Å². The van der Waals surface area contributed by atoms with Gasteiger partial charge in [0, 0.05) is 39.8 Å². The Kier molecular flexibility index (Phi) is 11.0. The Morgan fingerprint density at radius 2 is 1.61 bits per heavy atom. The molecule has 3 heterocycles. The van der Waals surface area contributed by atoms with Gasteiger partial charge in [0.15, 0.2) is 5.65 Å². The van der Waals surface area contributed by atoms with Crippen LogP contribution in [0.1, 0.15) is 60.7 Å². The van der Waals surface area contributed by atoms with E-state index in [-0.39, 0.29) is 65.4 Å². The molecule has 0 aliphatic carbocycles. The first-order valence-electron chi connectivity index (χ1n) is 16.0. The quantitative estimate of drug-likeness (QED) is 0.148. The third-order valence-electron chi connectivity index (χ3n) is 8.52. The fourth-order valence-electron chi connectivity index (χ4n) is 5.81. The van der Waals surface area contributed by atoms with E-state index in [0.717, 1.165) is 24.2 Å². The summed E-state index contributed by atoms with van der Waals surface area (Å²) in [6.07, 6.45) is -9.77. The number of benzene rings is 2. The Morgan fingerprint density at radius 3 is 2.24 bits per heavy atom. The molecule has 1 amide bonds. The minimum absolute atomic E-state index is 0.0355. The molecule has 2 aromatic heterocycles. The van der Waals surface area contributed by atoms with Crippen LogP contribution in [0.2, 0.25) is 10.0 Å². The number of pyridine rings is 1. The highest BCUT2D eigenvalue weighted by atomic mass is 35.5. The van der Waals surface area contributed by atoms with Crippen LogP contribution in [0.15, 0.2) is 36.4 Å². The molecule has 4 aromatic rings. The molecular weight excluding hydrogens is 726 g/mol. The molecule has 2 aromatic carbocycles. The van der Waals surface area contributed by atoms with Gasteiger partial charge in [-0.1, -0.05) is 56.1 Å². The van der Waals surface area contributed by atoms with Gasteiger partial charge in [-0.2, -0.15) is 26.3 Å². The maximum Gasteiger partial charge on any atom is 0.416 e. The monoisotopic (exact) mass is 761 g/mol. The number of fused-ring (bicyclic) bond motifs is 1. The third-order valence-corrected chi connectivity index (χ3v) is 9.27. The van der Waals surface area contributed by atoms with Gasteiger partial charge in [0.05, 0.1) is 32.8 Å². The topological polar surface area (TPSA) is 87.1 Å². The van der Waals surface area contributed by atoms with Crippen molar-refractivity contribution in [3.8, 4) is 0 Å². The van der Waals surface area contributed by atoms with E-state index in [1.165, 1.54) is 11.0 Å². The number of piperidine rings is 1. The second-order valence-electron chi connectivity index (χ2n) is 13.7. The van der Waals surface area contributed by atoms with Gasteiger partial charge in [0.2, 0.25) is 5.95 Å². The van der Waals surface area contributed by atoms with Crippen LogP contribution >= 0.6 is 23.2 Å². The highest BCUT2D eigenvalue weighted by molar-refractivity contribution is 6.39. The summed E-state index contributed by atoms with van der Waals surface area (Å²) >= 11 is 13.3. The van der Waals surface area contributed by atoms with Gasteiger partial charge in [-0.15, -0.1) is 0 Å². The van der Waals surface area contributed by atoms with Gasteiger partial charge in [0.1, 0.15) is 17.2 Å². The van der Waals surface area contributed by atoms with Gasteiger partial charge in [-0.25, -0.2) is 14.4 Å². The van der Waals surface area contributed by atoms with E-state index in [2.05, 4.69) is 46.7 Å². The van der Waals surface area contributed by atoms with Gasteiger partial charge in [-0.3, -0.25) is 9.36 Å². The summed E-state index contributed by atoms with van der Waals surface area (Å²) in [6, 6.07) is 6.96. The van der Waals surface area contributed by atoms with E-state index in [1.54, 1.807) is 23.7 Å². The van der Waals surface area contributed by atoms with E-state index >= 15 is 0 Å². The maximum absolute atomic E-state index is 13.7. The van der Waals surface area contributed by atoms with Crippen molar-refractivity contribution in [1.29, 1.82) is 0 Å². The fourth-order valence-corrected chi connectivity index (χ4v) is 6.34. The highest BCUT2D eigenvalue weighted by Crippen LogP contribution is 2.39. The zero-order valence-corrected chi connectivity index (χ0v) is 29.6. The van der Waals surface area contributed by atoms with Gasteiger partial charge < -0.3 is 20.9 Å². The van der Waals surface area contributed by atoms with Gasteiger partial charge in [0.25, 0.3) is 5.91 Å². The molecule has 8 nitrogen and oxygen atoms in total. The molecule has 1 aliphatic heterocycles. The Hall–Kier alpha value is -3.82. The number of carbonyl (C=O) groups is 1. The van der Waals surface area contributed by atoms with E-state index in [9.17, 15) is 35.5 Å². The minimum Gasteiger partial charge on any atom is -0.356 e. The lowest BCUT2D eigenvalue weighted by Crippen LogP contribution is -2.40. The smallest absolute Gasteiger partial charge is 0.356 e. The number of rotatable bonds is 9. The minimum atomic E-state index is -4.89. The molecule has 276 valence electrons. The molecule has 0 radical (unpaired) electrons. The lowest BCUT2D eigenvalue weighted by molar-refractivity contribution is -0.179. The molecule has 1 saturated heterocycles. The zero-order chi connectivity index (χ0) is 37.5. The molecule has 1 fully saturated rings. The molecule has 3 N–H and O–H groups in total. The molecule has 5 rings (SSSR count). The standard InChI is InChI=1S/C34H36Cl2F7N7O/c1-32(2,3)17-44-15-19-6-8-24(35)27(26(19)36)47-31-46-25-14-22(30(51)45-16-18-5-7-21(37)13-23(18)34(41,42)43)28(48-29(25)49(31)4)50-11-9-20(10-12-50)33(38,39)40/h5-8,13-14,20,44H,9-12,15-17H2,1-4H3,(H,45,51)(H,46,47). The second kappa shape index (κ2) is 14.7. The van der Waals surface area contributed by atoms with E-state index in [1.807, 2.05) is 0 Å². The van der Waals surface area contributed by atoms with Crippen molar-refractivity contribution < 1.29 is 35.5 Å². The lowest BCUT2D eigenvalue weighted by atomic mass is 9.96. The number of alkyl halides is 6. The maximum atomic E-state index is 13.7. The predicted molar refractivity (Wildman–Crippen MR) is 183 cm³/mol. The number of aryl methyl sites for hydroxylation is 1. The number of halogens is 9. The molecule has 1 aliphatic rings. The molecular formula is C34H36Cl2F7N7O. The summed E-state index contributed by atoms with van der Waals surface area (Å²) in [4.78, 5) is 24.4. The van der Waals surface area contributed by atoms with Crippen molar-refractivity contribution in [2.45, 2.75) is 59.1 Å². The molecule has 0 atom stereocenters. The first kappa shape index (κ1) is 38.4. The Morgan fingerprint density at radius 1 is 0.941 bits per heavy atom. The second-order valence-corrected chi connectivity index (χ2v) is 14.5. The average molecular weight is 763 g/mol. The summed E-state index contributed by atoms with van der Waals surface area (Å²) < 4.78 is 96.5. The van der Waals surface area contributed by atoms with E-state index in [0.29, 0.717) is 28.3 Å². The Bertz CT molecular complexity index is 1910. The van der Waals surface area contributed by atoms with Crippen molar-refractivity contribution >= 4 is 57.7 Å². The summed E-state index contributed by atoms with van der Waals surface area (Å²) in [5.41, 5.74) is -0.124. The number of imidazole rings is 1. The average Bonchev–Trinajstić information content (AvgIpc) is 3.35. The zero-order valence-electron chi connectivity index (χ0n) is 28.1. The molecule has 0 bridgehead atoms. The van der Waals surface area contributed by atoms with E-state index in [4.69, 9.17) is 23.2 Å². The molecule has 17 heteroatoms. The summed E-state index contributed by atoms with van der Waals surface area (Å²) in [5, 5.41) is 9.57. The molecule has 0 unspecified atom stereocenters. The SMILES string of the molecule is Cn1c(Nc2c(Cl)ccc(CNCC(C)(C)C)c2Cl)nc2cc(C(=O)NCc3ccc(F)cc3C(F)(F)F)c(N3CCC(C(F)(F)F)CC3)nc21. The fraction of sp³-hybridized carbons (Fsp3) is 0.441. The predicted octanol–water partition coefficient (Wildman–Crippen LogP) is 9.02. The third kappa shape index (κ3) is 8.98. The summed E-state index contributed by atoms with van der Waals surface area (Å²) in [6.45, 7) is 6.69. The van der Waals surface area contributed by atoms with Crippen LogP contribution in [-0.2, 0) is 26.3 Å². The lowest BCUT2D eigenvalue weighted by Gasteiger charge is -2.34. The molecule has 0 saturated carbocycles. The van der Waals surface area contributed by atoms with Gasteiger partial charge >= 0.3 is 12.4 Å². The molecule has 51 heavy (non-hydrogen) atoms. The van der Waals surface area contributed by atoms with Crippen molar-refractivity contribution in [3.63, 3.8) is 0 Å². The number of hydrogen-bond donors (Lipinski definition) is 3. The molecule has 0 spiro atoms. The van der Waals surface area contributed by atoms with E-state index < -0.39 is 42.1 Å². The Labute approximate surface area is 299 Å². The number of amides is 1. The van der Waals surface area contributed by atoms with Gasteiger partial charge in [-0.05, 0) is 53.6 Å². The van der Waals surface area contributed by atoms with Crippen LogP contribution in [0.25, 0.3) is 11.2 Å². The Balaban J connectivity index is 1.49. The van der Waals surface area contributed by atoms with Crippen molar-refractivity contribution in [3.05, 3.63) is 74.5 Å². The van der Waals surface area contributed by atoms with Crippen LogP contribution < -0.4 is 20.9 Å². The first-order valence-corrected chi connectivity index (χ1v) is 16.8. The summed E-state index contributed by atoms with van der Waals surface area (Å²) in [5.74, 6) is -3.22. The normalized spacial score (nSPS) is 14.7. The number of aromatic nitrogens is 3. The number of hydrogen-bond acceptors (Lipinski definition) is 6. The first-order chi connectivity index (χ1) is 23.7. The number of nitrogens with zero attached hydrogens (tertiary/aromatic N) is 4.